The summed E-state index contributed by atoms with van der Waals surface area (Å²) in [5.74, 6) is -0.945. The summed E-state index contributed by atoms with van der Waals surface area (Å²) in [4.78, 5) is 25.1. The quantitative estimate of drug-likeness (QED) is 0.473. The van der Waals surface area contributed by atoms with Crippen LogP contribution in [0.25, 0.3) is 10.8 Å². The Balaban J connectivity index is 1.42. The van der Waals surface area contributed by atoms with Crippen molar-refractivity contribution in [3.8, 4) is 0 Å². The van der Waals surface area contributed by atoms with Crippen molar-refractivity contribution in [2.24, 2.45) is 0 Å². The zero-order valence-corrected chi connectivity index (χ0v) is 17.5. The van der Waals surface area contributed by atoms with Gasteiger partial charge in [-0.2, -0.15) is 5.10 Å². The van der Waals surface area contributed by atoms with Crippen LogP contribution in [-0.4, -0.2) is 28.3 Å². The SMILES string of the molecule is Cc1nn(Cc2ccccc2)c(C)c1C(=O)OCC(=O)Nc1cccc2ccccc12. The number of hydrogen-bond donors (Lipinski definition) is 1. The maximum absolute atomic E-state index is 12.7. The van der Waals surface area contributed by atoms with Crippen LogP contribution >= 0.6 is 0 Å². The molecule has 6 heteroatoms. The highest BCUT2D eigenvalue weighted by Crippen LogP contribution is 2.23. The lowest BCUT2D eigenvalue weighted by Gasteiger charge is -2.09. The van der Waals surface area contributed by atoms with E-state index in [-0.39, 0.29) is 6.61 Å². The van der Waals surface area contributed by atoms with Crippen LogP contribution in [0.15, 0.2) is 72.8 Å². The average molecular weight is 413 g/mol. The molecule has 0 saturated heterocycles. The van der Waals surface area contributed by atoms with Gasteiger partial charge in [-0.25, -0.2) is 4.79 Å². The second-order valence-corrected chi connectivity index (χ2v) is 7.34. The van der Waals surface area contributed by atoms with Gasteiger partial charge >= 0.3 is 5.97 Å². The average Bonchev–Trinajstić information content (AvgIpc) is 3.06. The molecule has 1 heterocycles. The number of benzene rings is 3. The molecule has 1 aromatic heterocycles. The fraction of sp³-hybridized carbons (Fsp3) is 0.160. The number of aryl methyl sites for hydroxylation is 1. The van der Waals surface area contributed by atoms with Crippen molar-refractivity contribution >= 4 is 28.3 Å². The minimum atomic E-state index is -0.553. The maximum Gasteiger partial charge on any atom is 0.342 e. The van der Waals surface area contributed by atoms with Gasteiger partial charge in [0.25, 0.3) is 5.91 Å². The van der Waals surface area contributed by atoms with Gasteiger partial charge in [-0.15, -0.1) is 0 Å². The van der Waals surface area contributed by atoms with Gasteiger partial charge in [0.2, 0.25) is 0 Å². The Labute approximate surface area is 180 Å². The second-order valence-electron chi connectivity index (χ2n) is 7.34. The van der Waals surface area contributed by atoms with Crippen molar-refractivity contribution < 1.29 is 14.3 Å². The normalized spacial score (nSPS) is 10.8. The predicted molar refractivity (Wildman–Crippen MR) is 120 cm³/mol. The van der Waals surface area contributed by atoms with E-state index < -0.39 is 11.9 Å². The van der Waals surface area contributed by atoms with Crippen molar-refractivity contribution in [2.45, 2.75) is 20.4 Å². The zero-order chi connectivity index (χ0) is 21.8. The fourth-order valence-corrected chi connectivity index (χ4v) is 3.63. The number of esters is 1. The molecule has 0 saturated carbocycles. The summed E-state index contributed by atoms with van der Waals surface area (Å²) in [5, 5.41) is 9.24. The number of carbonyl (C=O) groups excluding carboxylic acids is 2. The van der Waals surface area contributed by atoms with E-state index in [1.165, 1.54) is 0 Å². The molecule has 1 N–H and O–H groups in total. The molecule has 0 unspecified atom stereocenters. The Morgan fingerprint density at radius 3 is 2.45 bits per heavy atom. The Morgan fingerprint density at radius 2 is 1.65 bits per heavy atom. The highest BCUT2D eigenvalue weighted by molar-refractivity contribution is 6.03. The van der Waals surface area contributed by atoms with E-state index in [0.29, 0.717) is 29.2 Å². The molecule has 3 aromatic carbocycles. The first-order valence-electron chi connectivity index (χ1n) is 10.1. The van der Waals surface area contributed by atoms with E-state index in [9.17, 15) is 9.59 Å². The Morgan fingerprint density at radius 1 is 0.935 bits per heavy atom. The van der Waals surface area contributed by atoms with Crippen LogP contribution in [0.4, 0.5) is 5.69 Å². The van der Waals surface area contributed by atoms with E-state index in [0.717, 1.165) is 16.3 Å². The lowest BCUT2D eigenvalue weighted by Crippen LogP contribution is -2.21. The van der Waals surface area contributed by atoms with Crippen LogP contribution in [0, 0.1) is 13.8 Å². The molecule has 0 aliphatic carbocycles. The zero-order valence-electron chi connectivity index (χ0n) is 17.5. The number of anilines is 1. The number of carbonyl (C=O) groups is 2. The third kappa shape index (κ3) is 4.48. The number of fused-ring (bicyclic) bond motifs is 1. The van der Waals surface area contributed by atoms with E-state index in [1.807, 2.05) is 79.7 Å². The molecule has 1 amide bonds. The summed E-state index contributed by atoms with van der Waals surface area (Å²) >= 11 is 0. The number of amides is 1. The Bertz CT molecular complexity index is 1240. The molecule has 0 spiro atoms. The van der Waals surface area contributed by atoms with Crippen molar-refractivity contribution in [3.05, 3.63) is 95.3 Å². The van der Waals surface area contributed by atoms with Crippen molar-refractivity contribution in [1.82, 2.24) is 9.78 Å². The van der Waals surface area contributed by atoms with E-state index >= 15 is 0 Å². The molecule has 0 aliphatic heterocycles. The van der Waals surface area contributed by atoms with Crippen LogP contribution in [0.3, 0.4) is 0 Å². The molecular weight excluding hydrogens is 390 g/mol. The van der Waals surface area contributed by atoms with Crippen molar-refractivity contribution in [3.63, 3.8) is 0 Å². The van der Waals surface area contributed by atoms with Gasteiger partial charge in [-0.1, -0.05) is 66.7 Å². The molecule has 31 heavy (non-hydrogen) atoms. The first-order valence-corrected chi connectivity index (χ1v) is 10.1. The summed E-state index contributed by atoms with van der Waals surface area (Å²) in [7, 11) is 0. The van der Waals surface area contributed by atoms with Gasteiger partial charge in [-0.3, -0.25) is 9.48 Å². The number of aromatic nitrogens is 2. The van der Waals surface area contributed by atoms with E-state index in [2.05, 4.69) is 10.4 Å². The van der Waals surface area contributed by atoms with Crippen LogP contribution in [0.2, 0.25) is 0 Å². The lowest BCUT2D eigenvalue weighted by molar-refractivity contribution is -0.119. The fourth-order valence-electron chi connectivity index (χ4n) is 3.63. The number of nitrogens with zero attached hydrogens (tertiary/aromatic N) is 2. The summed E-state index contributed by atoms with van der Waals surface area (Å²) in [6.45, 7) is 3.78. The van der Waals surface area contributed by atoms with Gasteiger partial charge < -0.3 is 10.1 Å². The lowest BCUT2D eigenvalue weighted by atomic mass is 10.1. The number of hydrogen-bond acceptors (Lipinski definition) is 4. The second kappa shape index (κ2) is 8.83. The summed E-state index contributed by atoms with van der Waals surface area (Å²) in [5.41, 5.74) is 3.45. The summed E-state index contributed by atoms with van der Waals surface area (Å²) in [6, 6.07) is 23.3. The Kier molecular flexibility index (Phi) is 5.80. The van der Waals surface area contributed by atoms with Crippen LogP contribution in [0.5, 0.6) is 0 Å². The maximum atomic E-state index is 12.7. The van der Waals surface area contributed by atoms with Gasteiger partial charge in [0.1, 0.15) is 5.56 Å². The largest absolute Gasteiger partial charge is 0.452 e. The monoisotopic (exact) mass is 413 g/mol. The van der Waals surface area contributed by atoms with Gasteiger partial charge in [0.05, 0.1) is 17.9 Å². The van der Waals surface area contributed by atoms with Crippen molar-refractivity contribution in [2.75, 3.05) is 11.9 Å². The molecule has 0 atom stereocenters. The first kappa shape index (κ1) is 20.3. The topological polar surface area (TPSA) is 73.2 Å². The van der Waals surface area contributed by atoms with Gasteiger partial charge in [-0.05, 0) is 30.9 Å². The van der Waals surface area contributed by atoms with E-state index in [4.69, 9.17) is 4.74 Å². The van der Waals surface area contributed by atoms with Gasteiger partial charge in [0, 0.05) is 11.1 Å². The molecule has 0 fully saturated rings. The molecule has 4 aromatic rings. The third-order valence-corrected chi connectivity index (χ3v) is 5.16. The van der Waals surface area contributed by atoms with Crippen LogP contribution in [-0.2, 0) is 16.1 Å². The molecule has 0 bridgehead atoms. The Hall–Kier alpha value is -3.93. The summed E-state index contributed by atoms with van der Waals surface area (Å²) < 4.78 is 7.07. The standard InChI is InChI=1S/C25H23N3O3/c1-17-24(18(2)28(27-17)15-19-9-4-3-5-10-19)25(30)31-16-23(29)26-22-14-8-12-20-11-6-7-13-21(20)22/h3-14H,15-16H2,1-2H3,(H,26,29). The third-order valence-electron chi connectivity index (χ3n) is 5.16. The smallest absolute Gasteiger partial charge is 0.342 e. The van der Waals surface area contributed by atoms with E-state index in [1.54, 1.807) is 11.6 Å². The molecule has 6 nitrogen and oxygen atoms in total. The highest BCUT2D eigenvalue weighted by atomic mass is 16.5. The molecular formula is C25H23N3O3. The number of rotatable bonds is 6. The molecule has 0 radical (unpaired) electrons. The molecule has 4 rings (SSSR count). The van der Waals surface area contributed by atoms with Crippen LogP contribution < -0.4 is 5.32 Å². The minimum Gasteiger partial charge on any atom is -0.452 e. The number of nitrogens with one attached hydrogen (secondary N) is 1. The summed E-state index contributed by atoms with van der Waals surface area (Å²) in [6.07, 6.45) is 0. The minimum absolute atomic E-state index is 0.370. The first-order chi connectivity index (χ1) is 15.0. The predicted octanol–water partition coefficient (Wildman–Crippen LogP) is 4.50. The van der Waals surface area contributed by atoms with Crippen molar-refractivity contribution in [1.29, 1.82) is 0 Å². The van der Waals surface area contributed by atoms with Gasteiger partial charge in [0.15, 0.2) is 6.61 Å². The number of ether oxygens (including phenoxy) is 1. The van der Waals surface area contributed by atoms with Crippen LogP contribution in [0.1, 0.15) is 27.3 Å². The highest BCUT2D eigenvalue weighted by Gasteiger charge is 2.21. The molecule has 0 aliphatic rings. The molecule has 156 valence electrons.